The van der Waals surface area contributed by atoms with Gasteiger partial charge in [-0.3, -0.25) is 9.59 Å². The zero-order valence-corrected chi connectivity index (χ0v) is 22.1. The van der Waals surface area contributed by atoms with E-state index < -0.39 is 0 Å². The van der Waals surface area contributed by atoms with E-state index in [0.29, 0.717) is 28.8 Å². The average molecular weight is 527 g/mol. The van der Waals surface area contributed by atoms with E-state index in [1.807, 2.05) is 54.6 Å². The third-order valence-corrected chi connectivity index (χ3v) is 8.96. The molecule has 6 rings (SSSR count). The molecule has 0 N–H and O–H groups in total. The fraction of sp³-hybridized carbons (Fsp3) is 0.312. The molecule has 2 atom stereocenters. The van der Waals surface area contributed by atoms with Crippen LogP contribution in [0, 0.1) is 11.7 Å². The third-order valence-electron chi connectivity index (χ3n) is 7.89. The highest BCUT2D eigenvalue weighted by Gasteiger charge is 2.42. The maximum Gasteiger partial charge on any atom is 0.265 e. The summed E-state index contributed by atoms with van der Waals surface area (Å²) in [7, 11) is 0. The zero-order chi connectivity index (χ0) is 26.1. The number of carbonyl (C=O) groups excluding carboxylic acids is 2. The van der Waals surface area contributed by atoms with Crippen molar-refractivity contribution in [2.75, 3.05) is 18.0 Å². The highest BCUT2D eigenvalue weighted by molar-refractivity contribution is 8.04. The summed E-state index contributed by atoms with van der Waals surface area (Å²) in [6.07, 6.45) is 7.27. The lowest BCUT2D eigenvalue weighted by molar-refractivity contribution is -0.114. The van der Waals surface area contributed by atoms with Crippen molar-refractivity contribution < 1.29 is 14.0 Å². The number of benzene rings is 3. The topological polar surface area (TPSA) is 40.6 Å². The molecule has 2 fully saturated rings. The molecule has 2 heterocycles. The van der Waals surface area contributed by atoms with Gasteiger partial charge in [-0.15, -0.1) is 0 Å². The Bertz CT molecular complexity index is 1380. The molecule has 3 aromatic carbocycles. The molecule has 1 aliphatic carbocycles. The second kappa shape index (κ2) is 10.9. The molecule has 0 radical (unpaired) electrons. The number of amides is 1. The molecule has 6 heteroatoms. The lowest BCUT2D eigenvalue weighted by atomic mass is 10.0. The van der Waals surface area contributed by atoms with Gasteiger partial charge in [-0.05, 0) is 74.5 Å². The molecule has 0 spiro atoms. The number of ketones is 1. The molecule has 1 saturated heterocycles. The Labute approximate surface area is 227 Å². The van der Waals surface area contributed by atoms with Crippen molar-refractivity contribution in [1.82, 2.24) is 4.90 Å². The molecule has 2 aliphatic heterocycles. The van der Waals surface area contributed by atoms with Crippen molar-refractivity contribution in [1.29, 1.82) is 0 Å². The molecule has 3 aliphatic rings. The molecular formula is C32H31FN2O2S. The Morgan fingerprint density at radius 3 is 2.50 bits per heavy atom. The van der Waals surface area contributed by atoms with E-state index in [0.717, 1.165) is 28.1 Å². The van der Waals surface area contributed by atoms with Gasteiger partial charge in [-0.1, -0.05) is 66.4 Å². The maximum atomic E-state index is 14.4. The zero-order valence-electron chi connectivity index (χ0n) is 21.3. The minimum atomic E-state index is -0.324. The summed E-state index contributed by atoms with van der Waals surface area (Å²) < 4.78 is 14.4. The first-order valence-electron chi connectivity index (χ1n) is 13.5. The molecule has 2 unspecified atom stereocenters. The predicted octanol–water partition coefficient (Wildman–Crippen LogP) is 6.95. The first-order valence-corrected chi connectivity index (χ1v) is 14.3. The number of likely N-dealkylation sites (tertiary alicyclic amines) is 1. The van der Waals surface area contributed by atoms with E-state index in [-0.39, 0.29) is 24.1 Å². The van der Waals surface area contributed by atoms with Crippen LogP contribution in [0.2, 0.25) is 0 Å². The summed E-state index contributed by atoms with van der Waals surface area (Å²) in [6, 6.07) is 22.5. The van der Waals surface area contributed by atoms with E-state index in [4.69, 9.17) is 0 Å². The Hall–Kier alpha value is -3.22. The van der Waals surface area contributed by atoms with Gasteiger partial charge in [0.1, 0.15) is 5.82 Å². The summed E-state index contributed by atoms with van der Waals surface area (Å²) in [5.41, 5.74) is 2.84. The second-order valence-corrected chi connectivity index (χ2v) is 11.5. The van der Waals surface area contributed by atoms with Crippen LogP contribution in [-0.4, -0.2) is 35.7 Å². The molecule has 194 valence electrons. The van der Waals surface area contributed by atoms with Crippen LogP contribution < -0.4 is 4.90 Å². The Kier molecular flexibility index (Phi) is 7.18. The van der Waals surface area contributed by atoms with Gasteiger partial charge in [0.2, 0.25) is 0 Å². The van der Waals surface area contributed by atoms with Gasteiger partial charge in [-0.25, -0.2) is 4.39 Å². The smallest absolute Gasteiger partial charge is 0.265 e. The highest BCUT2D eigenvalue weighted by atomic mass is 32.2. The van der Waals surface area contributed by atoms with Crippen LogP contribution >= 0.6 is 11.8 Å². The number of hydrogen-bond acceptors (Lipinski definition) is 4. The molecule has 0 bridgehead atoms. The molecular weight excluding hydrogens is 495 g/mol. The molecule has 38 heavy (non-hydrogen) atoms. The van der Waals surface area contributed by atoms with Crippen LogP contribution in [0.3, 0.4) is 0 Å². The summed E-state index contributed by atoms with van der Waals surface area (Å²) in [4.78, 5) is 32.1. The van der Waals surface area contributed by atoms with E-state index in [9.17, 15) is 14.0 Å². The minimum absolute atomic E-state index is 0.158. The van der Waals surface area contributed by atoms with E-state index >= 15 is 0 Å². The van der Waals surface area contributed by atoms with Gasteiger partial charge in [0.25, 0.3) is 5.91 Å². The molecule has 1 amide bonds. The van der Waals surface area contributed by atoms with Gasteiger partial charge >= 0.3 is 0 Å². The average Bonchev–Trinajstić information content (AvgIpc) is 3.51. The fourth-order valence-electron chi connectivity index (χ4n) is 5.66. The van der Waals surface area contributed by atoms with Crippen LogP contribution in [-0.2, 0) is 11.3 Å². The van der Waals surface area contributed by atoms with E-state index in [1.165, 1.54) is 50.2 Å². The number of hydrogen-bond donors (Lipinski definition) is 0. The monoisotopic (exact) mass is 526 g/mol. The Morgan fingerprint density at radius 2 is 1.71 bits per heavy atom. The SMILES string of the molecule is O=C(CCC1CC1N1CCCC1)c1ccc(/C=C2\Sc3ccccc3N(Cc3ccccc3F)C2=O)cc1. The van der Waals surface area contributed by atoms with Gasteiger partial charge in [0.05, 0.1) is 17.1 Å². The van der Waals surface area contributed by atoms with Crippen LogP contribution in [0.4, 0.5) is 10.1 Å². The summed E-state index contributed by atoms with van der Waals surface area (Å²) in [5, 5.41) is 0. The second-order valence-electron chi connectivity index (χ2n) is 10.5. The normalized spacial score (nSPS) is 22.1. The van der Waals surface area contributed by atoms with Crippen molar-refractivity contribution >= 4 is 35.2 Å². The Morgan fingerprint density at radius 1 is 0.974 bits per heavy atom. The van der Waals surface area contributed by atoms with Crippen LogP contribution in [0.5, 0.6) is 0 Å². The first-order chi connectivity index (χ1) is 18.6. The fourth-order valence-corrected chi connectivity index (χ4v) is 6.71. The summed E-state index contributed by atoms with van der Waals surface area (Å²) in [5.74, 6) is 0.374. The predicted molar refractivity (Wildman–Crippen MR) is 151 cm³/mol. The number of thioether (sulfide) groups is 1. The number of rotatable bonds is 8. The van der Waals surface area contributed by atoms with E-state index in [1.54, 1.807) is 23.1 Å². The largest absolute Gasteiger partial charge is 0.302 e. The van der Waals surface area contributed by atoms with Gasteiger partial charge in [0, 0.05) is 28.5 Å². The maximum absolute atomic E-state index is 14.4. The molecule has 3 aromatic rings. The number of carbonyl (C=O) groups is 2. The quantitative estimate of drug-likeness (QED) is 0.235. The first kappa shape index (κ1) is 25.1. The van der Waals surface area contributed by atoms with Crippen molar-refractivity contribution in [2.45, 2.75) is 49.6 Å². The van der Waals surface area contributed by atoms with Crippen molar-refractivity contribution in [3.8, 4) is 0 Å². The van der Waals surface area contributed by atoms with Crippen LogP contribution in [0.15, 0.2) is 82.6 Å². The number of nitrogens with zero attached hydrogens (tertiary/aromatic N) is 2. The molecule has 0 aromatic heterocycles. The minimum Gasteiger partial charge on any atom is -0.302 e. The standard InChI is InChI=1S/C32H31FN2O2S/c33-26-8-2-1-7-25(26)21-35-27-9-3-4-10-30(27)38-31(32(35)37)19-22-11-13-23(14-12-22)29(36)16-15-24-20-28(24)34-17-5-6-18-34/h1-4,7-14,19,24,28H,5-6,15-18,20-21H2/b31-19-. The van der Waals surface area contributed by atoms with E-state index in [2.05, 4.69) is 4.90 Å². The van der Waals surface area contributed by atoms with Gasteiger partial charge in [-0.2, -0.15) is 0 Å². The molecule has 1 saturated carbocycles. The van der Waals surface area contributed by atoms with Gasteiger partial charge in [0.15, 0.2) is 5.78 Å². The molecule has 4 nitrogen and oxygen atoms in total. The number of anilines is 1. The van der Waals surface area contributed by atoms with Crippen molar-refractivity contribution in [3.05, 3.63) is 100 Å². The lowest BCUT2D eigenvalue weighted by Crippen LogP contribution is -2.34. The highest BCUT2D eigenvalue weighted by Crippen LogP contribution is 2.43. The van der Waals surface area contributed by atoms with Crippen molar-refractivity contribution in [2.24, 2.45) is 5.92 Å². The summed E-state index contributed by atoms with van der Waals surface area (Å²) in [6.45, 7) is 2.60. The Balaban J connectivity index is 1.14. The van der Waals surface area contributed by atoms with Gasteiger partial charge < -0.3 is 9.80 Å². The number of fused-ring (bicyclic) bond motifs is 1. The van der Waals surface area contributed by atoms with Crippen molar-refractivity contribution in [3.63, 3.8) is 0 Å². The van der Waals surface area contributed by atoms with Crippen LogP contribution in [0.25, 0.3) is 6.08 Å². The van der Waals surface area contributed by atoms with Crippen LogP contribution in [0.1, 0.15) is 53.6 Å². The lowest BCUT2D eigenvalue weighted by Gasteiger charge is -2.30. The third kappa shape index (κ3) is 5.33. The number of Topliss-reactive ketones (excluding diaryl/α,β-unsaturated/α-hetero) is 1. The number of para-hydroxylation sites is 1. The summed E-state index contributed by atoms with van der Waals surface area (Å²) >= 11 is 1.42. The number of halogens is 1.